The van der Waals surface area contributed by atoms with Crippen molar-refractivity contribution in [1.29, 1.82) is 0 Å². The summed E-state index contributed by atoms with van der Waals surface area (Å²) in [6.45, 7) is 6.55. The number of hydrogen-bond acceptors (Lipinski definition) is 6. The molecule has 0 aliphatic rings. The second kappa shape index (κ2) is 70.1. The van der Waals surface area contributed by atoms with Crippen molar-refractivity contribution in [3.63, 3.8) is 0 Å². The molecule has 0 aliphatic carbocycles. The Morgan fingerprint density at radius 1 is 0.256 bits per heavy atom. The van der Waals surface area contributed by atoms with Crippen molar-refractivity contribution in [2.24, 2.45) is 0 Å². The van der Waals surface area contributed by atoms with E-state index in [9.17, 15) is 14.4 Å². The number of esters is 3. The van der Waals surface area contributed by atoms with Gasteiger partial charge in [0.25, 0.3) is 0 Å². The standard InChI is InChI=1S/C76H134O6/c1-4-7-10-13-16-19-22-25-28-30-32-34-35-36-37-38-39-40-41-43-44-46-48-51-54-57-60-63-66-69-75(78)81-72-73(71-80-74(77)68-65-62-59-56-53-50-27-24-21-18-15-12-9-6-3)82-76(79)70-67-64-61-58-55-52-49-47-45-42-33-31-29-26-23-20-17-14-11-8-5-2/h7,10,16,19,23-28,31-34,73H,4-6,8-9,11-15,17-18,20-22,29-30,35-72H2,1-3H3/b10-7-,19-16-,26-23-,27-24-,28-25-,33-31-,34-32-. The van der Waals surface area contributed by atoms with Gasteiger partial charge in [-0.3, -0.25) is 14.4 Å². The van der Waals surface area contributed by atoms with Crippen molar-refractivity contribution in [2.45, 2.75) is 367 Å². The summed E-state index contributed by atoms with van der Waals surface area (Å²) in [7, 11) is 0. The molecule has 0 aromatic rings. The summed E-state index contributed by atoms with van der Waals surface area (Å²) in [5.74, 6) is -0.871. The van der Waals surface area contributed by atoms with Gasteiger partial charge in [-0.05, 0) is 116 Å². The molecule has 0 aromatic carbocycles. The molecule has 0 N–H and O–H groups in total. The number of ether oxygens (including phenoxy) is 3. The molecule has 0 saturated heterocycles. The van der Waals surface area contributed by atoms with E-state index in [1.807, 2.05) is 0 Å². The smallest absolute Gasteiger partial charge is 0.306 e. The van der Waals surface area contributed by atoms with Crippen molar-refractivity contribution < 1.29 is 28.6 Å². The summed E-state index contributed by atoms with van der Waals surface area (Å²) in [6, 6.07) is 0. The molecule has 6 nitrogen and oxygen atoms in total. The molecule has 0 spiro atoms. The van der Waals surface area contributed by atoms with E-state index in [1.54, 1.807) is 0 Å². The van der Waals surface area contributed by atoms with Gasteiger partial charge in [0.15, 0.2) is 6.10 Å². The predicted octanol–water partition coefficient (Wildman–Crippen LogP) is 24.6. The fourth-order valence-corrected chi connectivity index (χ4v) is 10.3. The fourth-order valence-electron chi connectivity index (χ4n) is 10.3. The lowest BCUT2D eigenvalue weighted by molar-refractivity contribution is -0.167. The molecule has 6 heteroatoms. The quantitative estimate of drug-likeness (QED) is 0.0261. The monoisotopic (exact) mass is 1140 g/mol. The normalized spacial score (nSPS) is 12.6. The van der Waals surface area contributed by atoms with E-state index in [-0.39, 0.29) is 31.1 Å². The molecule has 0 saturated carbocycles. The Balaban J connectivity index is 4.26. The SMILES string of the molecule is CC/C=C\C/C=C\C/C=C\C/C=C\CCCCCCCCCCCCCCCCCCC(=O)OCC(COC(=O)CCCCCCC/C=C\CCCCCCC)OC(=O)CCCCCCCCCCC/C=C\C/C=C\CCCCCCC. The van der Waals surface area contributed by atoms with Crippen LogP contribution in [0.15, 0.2) is 85.1 Å². The Morgan fingerprint density at radius 2 is 0.476 bits per heavy atom. The molecule has 0 heterocycles. The molecule has 0 bridgehead atoms. The van der Waals surface area contributed by atoms with Crippen LogP contribution < -0.4 is 0 Å². The maximum atomic E-state index is 13.0. The van der Waals surface area contributed by atoms with Crippen molar-refractivity contribution in [1.82, 2.24) is 0 Å². The second-order valence-electron chi connectivity index (χ2n) is 23.8. The summed E-state index contributed by atoms with van der Waals surface area (Å²) in [5.41, 5.74) is 0. The van der Waals surface area contributed by atoms with E-state index in [0.29, 0.717) is 19.3 Å². The van der Waals surface area contributed by atoms with Crippen molar-refractivity contribution in [2.75, 3.05) is 13.2 Å². The minimum absolute atomic E-state index is 0.0775. The highest BCUT2D eigenvalue weighted by molar-refractivity contribution is 5.71. The maximum absolute atomic E-state index is 13.0. The molecule has 0 aliphatic heterocycles. The van der Waals surface area contributed by atoms with E-state index < -0.39 is 6.10 Å². The highest BCUT2D eigenvalue weighted by Crippen LogP contribution is 2.17. The summed E-state index contributed by atoms with van der Waals surface area (Å²) < 4.78 is 17.0. The molecular formula is C76H134O6. The van der Waals surface area contributed by atoms with Gasteiger partial charge in [-0.1, -0.05) is 311 Å². The van der Waals surface area contributed by atoms with Crippen molar-refractivity contribution in [3.8, 4) is 0 Å². The highest BCUT2D eigenvalue weighted by atomic mass is 16.6. The largest absolute Gasteiger partial charge is 0.462 e. The Labute approximate surface area is 509 Å². The van der Waals surface area contributed by atoms with Gasteiger partial charge in [0, 0.05) is 19.3 Å². The first-order valence-electron chi connectivity index (χ1n) is 35.6. The van der Waals surface area contributed by atoms with E-state index in [1.165, 1.54) is 225 Å². The summed E-state index contributed by atoms with van der Waals surface area (Å²) >= 11 is 0. The zero-order valence-electron chi connectivity index (χ0n) is 54.5. The van der Waals surface area contributed by atoms with Crippen molar-refractivity contribution >= 4 is 17.9 Å². The van der Waals surface area contributed by atoms with Crippen LogP contribution in [0.25, 0.3) is 0 Å². The lowest BCUT2D eigenvalue weighted by Gasteiger charge is -2.18. The van der Waals surface area contributed by atoms with Crippen LogP contribution in [0.3, 0.4) is 0 Å². The minimum Gasteiger partial charge on any atom is -0.462 e. The summed E-state index contributed by atoms with van der Waals surface area (Å²) in [6.07, 6.45) is 93.2. The van der Waals surface area contributed by atoms with Gasteiger partial charge in [-0.15, -0.1) is 0 Å². The zero-order valence-corrected chi connectivity index (χ0v) is 54.5. The average molecular weight is 1140 g/mol. The Morgan fingerprint density at radius 3 is 0.756 bits per heavy atom. The molecule has 474 valence electrons. The Hall–Kier alpha value is -3.41. The van der Waals surface area contributed by atoms with Gasteiger partial charge in [0.05, 0.1) is 0 Å². The van der Waals surface area contributed by atoms with E-state index in [0.717, 1.165) is 96.3 Å². The number of hydrogen-bond donors (Lipinski definition) is 0. The van der Waals surface area contributed by atoms with Gasteiger partial charge in [-0.2, -0.15) is 0 Å². The highest BCUT2D eigenvalue weighted by Gasteiger charge is 2.19. The topological polar surface area (TPSA) is 78.9 Å². The van der Waals surface area contributed by atoms with E-state index >= 15 is 0 Å². The molecule has 0 fully saturated rings. The van der Waals surface area contributed by atoms with Crippen LogP contribution in [0.1, 0.15) is 361 Å². The van der Waals surface area contributed by atoms with Gasteiger partial charge in [0.1, 0.15) is 13.2 Å². The molecule has 1 unspecified atom stereocenters. The lowest BCUT2D eigenvalue weighted by Crippen LogP contribution is -2.30. The third-order valence-corrected chi connectivity index (χ3v) is 15.6. The van der Waals surface area contributed by atoms with Gasteiger partial charge in [-0.25, -0.2) is 0 Å². The predicted molar refractivity (Wildman–Crippen MR) is 358 cm³/mol. The third kappa shape index (κ3) is 67.4. The van der Waals surface area contributed by atoms with Crippen LogP contribution in [0.2, 0.25) is 0 Å². The molecule has 0 rings (SSSR count). The summed E-state index contributed by atoms with van der Waals surface area (Å²) in [5, 5.41) is 0. The maximum Gasteiger partial charge on any atom is 0.306 e. The third-order valence-electron chi connectivity index (χ3n) is 15.6. The second-order valence-corrected chi connectivity index (χ2v) is 23.8. The number of unbranched alkanes of at least 4 members (excludes halogenated alkanes) is 40. The molecule has 82 heavy (non-hydrogen) atoms. The lowest BCUT2D eigenvalue weighted by atomic mass is 10.0. The first-order chi connectivity index (χ1) is 40.5. The Kier molecular flexibility index (Phi) is 67.2. The van der Waals surface area contributed by atoms with Crippen LogP contribution >= 0.6 is 0 Å². The molecule has 0 radical (unpaired) electrons. The van der Waals surface area contributed by atoms with Gasteiger partial charge in [0.2, 0.25) is 0 Å². The molecule has 1 atom stereocenters. The number of allylic oxidation sites excluding steroid dienone is 14. The van der Waals surface area contributed by atoms with Crippen LogP contribution in [-0.2, 0) is 28.6 Å². The fraction of sp³-hybridized carbons (Fsp3) is 0.776. The van der Waals surface area contributed by atoms with E-state index in [4.69, 9.17) is 14.2 Å². The number of carbonyl (C=O) groups excluding carboxylic acids is 3. The first kappa shape index (κ1) is 78.6. The van der Waals surface area contributed by atoms with Crippen LogP contribution in [0.4, 0.5) is 0 Å². The summed E-state index contributed by atoms with van der Waals surface area (Å²) in [4.78, 5) is 38.4. The number of carbonyl (C=O) groups is 3. The molecule has 0 aromatic heterocycles. The van der Waals surface area contributed by atoms with Crippen LogP contribution in [0, 0.1) is 0 Å². The van der Waals surface area contributed by atoms with E-state index in [2.05, 4.69) is 106 Å². The van der Waals surface area contributed by atoms with Gasteiger partial charge >= 0.3 is 17.9 Å². The first-order valence-corrected chi connectivity index (χ1v) is 35.6. The molecular weight excluding hydrogens is 1010 g/mol. The van der Waals surface area contributed by atoms with Crippen LogP contribution in [0.5, 0.6) is 0 Å². The van der Waals surface area contributed by atoms with Crippen LogP contribution in [-0.4, -0.2) is 37.2 Å². The zero-order chi connectivity index (χ0) is 59.2. The number of rotatable bonds is 65. The van der Waals surface area contributed by atoms with Crippen molar-refractivity contribution in [3.05, 3.63) is 85.1 Å². The van der Waals surface area contributed by atoms with Gasteiger partial charge < -0.3 is 14.2 Å². The molecule has 0 amide bonds. The minimum atomic E-state index is -0.783. The average Bonchev–Trinajstić information content (AvgIpc) is 3.47. The Bertz CT molecular complexity index is 1550.